The van der Waals surface area contributed by atoms with Crippen molar-refractivity contribution in [2.75, 3.05) is 0 Å². The van der Waals surface area contributed by atoms with Crippen LogP contribution >= 0.6 is 15.9 Å². The Hall–Kier alpha value is -0.870. The molecular weight excluding hydrogens is 282 g/mol. The maximum atomic E-state index is 11.9. The average molecular weight is 298 g/mol. The van der Waals surface area contributed by atoms with Gasteiger partial charge in [0.05, 0.1) is 6.10 Å². The number of hydrogen-bond acceptors (Lipinski definition) is 2. The van der Waals surface area contributed by atoms with E-state index in [0.717, 1.165) is 22.9 Å². The zero-order chi connectivity index (χ0) is 12.3. The Morgan fingerprint density at radius 3 is 2.82 bits per heavy atom. The third-order valence-electron chi connectivity index (χ3n) is 3.13. The molecule has 0 saturated heterocycles. The number of carbonyl (C=O) groups excluding carboxylic acids is 1. The number of carbonyl (C=O) groups is 1. The molecule has 1 aromatic rings. The molecular formula is C13H16BrNO2. The first-order valence-electron chi connectivity index (χ1n) is 5.89. The molecule has 1 N–H and O–H groups in total. The monoisotopic (exact) mass is 297 g/mol. The summed E-state index contributed by atoms with van der Waals surface area (Å²) in [5.41, 5.74) is 4.13. The smallest absolute Gasteiger partial charge is 0.270 e. The van der Waals surface area contributed by atoms with Crippen molar-refractivity contribution in [3.05, 3.63) is 33.8 Å². The van der Waals surface area contributed by atoms with Crippen LogP contribution in [0.1, 0.15) is 41.6 Å². The van der Waals surface area contributed by atoms with Crippen LogP contribution in [0.2, 0.25) is 0 Å². The molecule has 2 rings (SSSR count). The van der Waals surface area contributed by atoms with Crippen LogP contribution in [0, 0.1) is 6.92 Å². The molecule has 0 aliphatic heterocycles. The van der Waals surface area contributed by atoms with Gasteiger partial charge in [0, 0.05) is 10.0 Å². The Labute approximate surface area is 110 Å². The molecule has 0 spiro atoms. The summed E-state index contributed by atoms with van der Waals surface area (Å²) in [6.45, 7) is 1.91. The maximum Gasteiger partial charge on any atom is 0.275 e. The fraction of sp³-hybridized carbons (Fsp3) is 0.462. The maximum absolute atomic E-state index is 11.9. The highest BCUT2D eigenvalue weighted by Gasteiger charge is 2.18. The first kappa shape index (κ1) is 12.6. The van der Waals surface area contributed by atoms with Crippen LogP contribution in [0.5, 0.6) is 0 Å². The summed E-state index contributed by atoms with van der Waals surface area (Å²) in [7, 11) is 0. The Morgan fingerprint density at radius 1 is 1.41 bits per heavy atom. The summed E-state index contributed by atoms with van der Waals surface area (Å²) in [4.78, 5) is 17.3. The average Bonchev–Trinajstić information content (AvgIpc) is 2.82. The molecule has 1 fully saturated rings. The number of amides is 1. The lowest BCUT2D eigenvalue weighted by Gasteiger charge is -2.12. The van der Waals surface area contributed by atoms with Gasteiger partial charge in [0.25, 0.3) is 5.91 Å². The lowest BCUT2D eigenvalue weighted by molar-refractivity contribution is -0.0125. The minimum Gasteiger partial charge on any atom is -0.270 e. The van der Waals surface area contributed by atoms with E-state index >= 15 is 0 Å². The molecule has 1 aliphatic rings. The van der Waals surface area contributed by atoms with E-state index in [9.17, 15) is 4.79 Å². The quantitative estimate of drug-likeness (QED) is 0.869. The highest BCUT2D eigenvalue weighted by atomic mass is 79.9. The number of hydroxylamine groups is 1. The van der Waals surface area contributed by atoms with E-state index in [1.165, 1.54) is 12.8 Å². The molecule has 0 atom stereocenters. The molecule has 17 heavy (non-hydrogen) atoms. The van der Waals surface area contributed by atoms with Crippen LogP contribution in [-0.4, -0.2) is 12.0 Å². The molecule has 1 saturated carbocycles. The SMILES string of the molecule is Cc1c(Br)cccc1C(=O)NOC1CCCC1. The van der Waals surface area contributed by atoms with Gasteiger partial charge >= 0.3 is 0 Å². The predicted molar refractivity (Wildman–Crippen MR) is 69.7 cm³/mol. The highest BCUT2D eigenvalue weighted by Crippen LogP contribution is 2.21. The van der Waals surface area contributed by atoms with Gasteiger partial charge in [-0.1, -0.05) is 34.8 Å². The lowest BCUT2D eigenvalue weighted by atomic mass is 10.1. The van der Waals surface area contributed by atoms with E-state index in [2.05, 4.69) is 21.4 Å². The van der Waals surface area contributed by atoms with E-state index in [1.54, 1.807) is 6.07 Å². The fourth-order valence-corrected chi connectivity index (χ4v) is 2.42. The Morgan fingerprint density at radius 2 is 2.12 bits per heavy atom. The topological polar surface area (TPSA) is 38.3 Å². The largest absolute Gasteiger partial charge is 0.275 e. The molecule has 1 amide bonds. The minimum atomic E-state index is -0.171. The van der Waals surface area contributed by atoms with Crippen molar-refractivity contribution in [1.29, 1.82) is 0 Å². The van der Waals surface area contributed by atoms with Crippen LogP contribution in [-0.2, 0) is 4.84 Å². The van der Waals surface area contributed by atoms with Crippen molar-refractivity contribution in [2.24, 2.45) is 0 Å². The number of hydrogen-bond donors (Lipinski definition) is 1. The van der Waals surface area contributed by atoms with Gasteiger partial charge < -0.3 is 0 Å². The first-order chi connectivity index (χ1) is 8.18. The number of benzene rings is 1. The summed E-state index contributed by atoms with van der Waals surface area (Å²) < 4.78 is 0.936. The van der Waals surface area contributed by atoms with E-state index in [0.29, 0.717) is 5.56 Å². The number of rotatable bonds is 3. The van der Waals surface area contributed by atoms with Gasteiger partial charge in [-0.25, -0.2) is 5.48 Å². The number of halogens is 1. The van der Waals surface area contributed by atoms with Crippen molar-refractivity contribution in [3.8, 4) is 0 Å². The van der Waals surface area contributed by atoms with E-state index < -0.39 is 0 Å². The molecule has 92 valence electrons. The predicted octanol–water partition coefficient (Wildman–Crippen LogP) is 3.36. The normalized spacial score (nSPS) is 16.1. The summed E-state index contributed by atoms with van der Waals surface area (Å²) in [6, 6.07) is 5.57. The van der Waals surface area contributed by atoms with E-state index in [1.807, 2.05) is 19.1 Å². The molecule has 0 radical (unpaired) electrons. The van der Waals surface area contributed by atoms with Gasteiger partial charge in [0.2, 0.25) is 0 Å². The van der Waals surface area contributed by atoms with Gasteiger partial charge in [-0.2, -0.15) is 0 Å². The second kappa shape index (κ2) is 5.65. The van der Waals surface area contributed by atoms with Gasteiger partial charge in [-0.15, -0.1) is 0 Å². The summed E-state index contributed by atoms with van der Waals surface area (Å²) in [5.74, 6) is -0.171. The van der Waals surface area contributed by atoms with Crippen molar-refractivity contribution < 1.29 is 9.63 Å². The molecule has 4 heteroatoms. The van der Waals surface area contributed by atoms with Crippen LogP contribution in [0.25, 0.3) is 0 Å². The molecule has 0 unspecified atom stereocenters. The Kier molecular flexibility index (Phi) is 4.18. The second-order valence-corrected chi connectivity index (χ2v) is 5.22. The van der Waals surface area contributed by atoms with Gasteiger partial charge in [-0.05, 0) is 37.5 Å². The Balaban J connectivity index is 1.97. The molecule has 0 bridgehead atoms. The second-order valence-electron chi connectivity index (χ2n) is 4.37. The molecule has 1 aromatic carbocycles. The van der Waals surface area contributed by atoms with E-state index in [-0.39, 0.29) is 12.0 Å². The minimum absolute atomic E-state index is 0.171. The molecule has 0 heterocycles. The van der Waals surface area contributed by atoms with Crippen LogP contribution in [0.4, 0.5) is 0 Å². The summed E-state index contributed by atoms with van der Waals surface area (Å²) in [6.07, 6.45) is 4.65. The molecule has 1 aliphatic carbocycles. The standard InChI is InChI=1S/C13H16BrNO2/c1-9-11(7-4-8-12(9)14)13(16)15-17-10-5-2-3-6-10/h4,7-8,10H,2-3,5-6H2,1H3,(H,15,16). The van der Waals surface area contributed by atoms with Crippen LogP contribution in [0.3, 0.4) is 0 Å². The summed E-state index contributed by atoms with van der Waals surface area (Å²) in [5, 5.41) is 0. The lowest BCUT2D eigenvalue weighted by Crippen LogP contribution is -2.28. The third-order valence-corrected chi connectivity index (χ3v) is 3.99. The van der Waals surface area contributed by atoms with E-state index in [4.69, 9.17) is 4.84 Å². The van der Waals surface area contributed by atoms with Crippen molar-refractivity contribution >= 4 is 21.8 Å². The Bertz CT molecular complexity index is 414. The van der Waals surface area contributed by atoms with Gasteiger partial charge in [0.1, 0.15) is 0 Å². The van der Waals surface area contributed by atoms with Crippen LogP contribution < -0.4 is 5.48 Å². The van der Waals surface area contributed by atoms with Crippen molar-refractivity contribution in [3.63, 3.8) is 0 Å². The summed E-state index contributed by atoms with van der Waals surface area (Å²) >= 11 is 3.41. The highest BCUT2D eigenvalue weighted by molar-refractivity contribution is 9.10. The van der Waals surface area contributed by atoms with Gasteiger partial charge in [0.15, 0.2) is 0 Å². The number of nitrogens with one attached hydrogen (secondary N) is 1. The zero-order valence-electron chi connectivity index (χ0n) is 9.83. The molecule has 3 nitrogen and oxygen atoms in total. The van der Waals surface area contributed by atoms with Crippen molar-refractivity contribution in [1.82, 2.24) is 5.48 Å². The first-order valence-corrected chi connectivity index (χ1v) is 6.69. The van der Waals surface area contributed by atoms with Crippen molar-refractivity contribution in [2.45, 2.75) is 38.7 Å². The fourth-order valence-electron chi connectivity index (χ4n) is 2.05. The third kappa shape index (κ3) is 3.07. The van der Waals surface area contributed by atoms with Crippen LogP contribution in [0.15, 0.2) is 22.7 Å². The van der Waals surface area contributed by atoms with Gasteiger partial charge in [-0.3, -0.25) is 9.63 Å². The zero-order valence-corrected chi connectivity index (χ0v) is 11.4. The molecule has 0 aromatic heterocycles.